The molecule has 0 bridgehead atoms. The van der Waals surface area contributed by atoms with E-state index >= 15 is 0 Å². The summed E-state index contributed by atoms with van der Waals surface area (Å²) < 4.78 is 5.45. The van der Waals surface area contributed by atoms with Gasteiger partial charge in [-0.3, -0.25) is 4.79 Å². The molecule has 0 amide bonds. The average Bonchev–Trinajstić information content (AvgIpc) is 2.64. The van der Waals surface area contributed by atoms with Gasteiger partial charge < -0.3 is 10.1 Å². The maximum atomic E-state index is 11.3. The second-order valence-electron chi connectivity index (χ2n) is 5.57. The zero-order valence-electron chi connectivity index (χ0n) is 11.7. The van der Waals surface area contributed by atoms with Crippen molar-refractivity contribution in [3.63, 3.8) is 0 Å². The molecule has 102 valence electrons. The van der Waals surface area contributed by atoms with Gasteiger partial charge in [-0.15, -0.1) is 0 Å². The second kappa shape index (κ2) is 5.29. The molecule has 0 aliphatic carbocycles. The molecule has 1 heterocycles. The van der Waals surface area contributed by atoms with E-state index in [0.717, 1.165) is 15.4 Å². The summed E-state index contributed by atoms with van der Waals surface area (Å²) in [6.07, 6.45) is 1.67. The number of benzene rings is 1. The van der Waals surface area contributed by atoms with Crippen molar-refractivity contribution in [3.05, 3.63) is 40.9 Å². The van der Waals surface area contributed by atoms with E-state index in [-0.39, 0.29) is 17.6 Å². The lowest BCUT2D eigenvalue weighted by atomic mass is 10.1. The number of hydrogen-bond donors (Lipinski definition) is 1. The minimum absolute atomic E-state index is 0.0108. The summed E-state index contributed by atoms with van der Waals surface area (Å²) in [4.78, 5) is 13.4. The van der Waals surface area contributed by atoms with Crippen LogP contribution in [0.25, 0.3) is 0 Å². The Morgan fingerprint density at radius 1 is 1.37 bits per heavy atom. The smallest absolute Gasteiger partial charge is 0.303 e. The normalized spacial score (nSPS) is 20.2. The molecule has 1 aliphatic heterocycles. The Bertz CT molecular complexity index is 517. The Morgan fingerprint density at radius 2 is 2.05 bits per heavy atom. The maximum absolute atomic E-state index is 11.3. The van der Waals surface area contributed by atoms with Crippen LogP contribution in [0.3, 0.4) is 0 Å². The largest absolute Gasteiger partial charge is 0.452 e. The molecule has 1 aromatic carbocycles. The Hall–Kier alpha value is -1.42. The fourth-order valence-electron chi connectivity index (χ4n) is 1.80. The van der Waals surface area contributed by atoms with Crippen molar-refractivity contribution in [2.24, 2.45) is 0 Å². The number of fused-ring (bicyclic) bond motifs is 1. The quantitative estimate of drug-likeness (QED) is 0.838. The minimum Gasteiger partial charge on any atom is -0.452 e. The van der Waals surface area contributed by atoms with Gasteiger partial charge in [-0.25, -0.2) is 0 Å². The number of ether oxygens (including phenoxy) is 1. The van der Waals surface area contributed by atoms with E-state index in [1.54, 1.807) is 11.8 Å². The lowest BCUT2D eigenvalue weighted by Gasteiger charge is -2.20. The predicted molar refractivity (Wildman–Crippen MR) is 77.8 cm³/mol. The molecule has 1 atom stereocenters. The Balaban J connectivity index is 2.28. The van der Waals surface area contributed by atoms with Gasteiger partial charge in [-0.2, -0.15) is 0 Å². The predicted octanol–water partition coefficient (Wildman–Crippen LogP) is 3.63. The molecule has 1 aromatic rings. The van der Waals surface area contributed by atoms with Crippen LogP contribution in [0.15, 0.2) is 40.3 Å². The van der Waals surface area contributed by atoms with Gasteiger partial charge in [-0.05, 0) is 26.8 Å². The van der Waals surface area contributed by atoms with E-state index in [2.05, 4.69) is 32.2 Å². The topological polar surface area (TPSA) is 38.3 Å². The molecule has 0 spiro atoms. The molecule has 0 radical (unpaired) electrons. The van der Waals surface area contributed by atoms with Crippen LogP contribution in [0.5, 0.6) is 0 Å². The molecule has 0 saturated heterocycles. The second-order valence-corrected chi connectivity index (χ2v) is 6.69. The third kappa shape index (κ3) is 3.53. The van der Waals surface area contributed by atoms with E-state index < -0.39 is 0 Å². The summed E-state index contributed by atoms with van der Waals surface area (Å²) >= 11 is 1.65. The SMILES string of the molecule is CC(=O)OC1C(=CNC(C)(C)C)Sc2ccccc21. The van der Waals surface area contributed by atoms with Crippen LogP contribution in [-0.2, 0) is 9.53 Å². The first kappa shape index (κ1) is 14.0. The van der Waals surface area contributed by atoms with Crippen molar-refractivity contribution >= 4 is 17.7 Å². The minimum atomic E-state index is -0.284. The monoisotopic (exact) mass is 277 g/mol. The van der Waals surface area contributed by atoms with Crippen LogP contribution in [0, 0.1) is 0 Å². The van der Waals surface area contributed by atoms with Crippen LogP contribution in [0.4, 0.5) is 0 Å². The van der Waals surface area contributed by atoms with Crippen molar-refractivity contribution in [2.75, 3.05) is 0 Å². The molecule has 2 rings (SSSR count). The van der Waals surface area contributed by atoms with Crippen molar-refractivity contribution < 1.29 is 9.53 Å². The molecule has 4 heteroatoms. The van der Waals surface area contributed by atoms with Gasteiger partial charge in [0.15, 0.2) is 6.10 Å². The van der Waals surface area contributed by atoms with Crippen molar-refractivity contribution in [1.82, 2.24) is 5.32 Å². The molecule has 1 unspecified atom stereocenters. The highest BCUT2D eigenvalue weighted by atomic mass is 32.2. The lowest BCUT2D eigenvalue weighted by Crippen LogP contribution is -2.31. The highest BCUT2D eigenvalue weighted by molar-refractivity contribution is 8.03. The first-order valence-corrected chi connectivity index (χ1v) is 7.10. The standard InChI is InChI=1S/C15H19NO2S/c1-10(17)18-14-11-7-5-6-8-12(11)19-13(14)9-16-15(2,3)4/h5-9,14,16H,1-4H3. The van der Waals surface area contributed by atoms with Crippen LogP contribution < -0.4 is 5.32 Å². The first-order chi connectivity index (χ1) is 8.87. The van der Waals surface area contributed by atoms with Crippen molar-refractivity contribution in [1.29, 1.82) is 0 Å². The number of carbonyl (C=O) groups excluding carboxylic acids is 1. The van der Waals surface area contributed by atoms with Gasteiger partial charge in [0.05, 0.1) is 4.91 Å². The zero-order valence-corrected chi connectivity index (χ0v) is 12.5. The van der Waals surface area contributed by atoms with E-state index in [0.29, 0.717) is 0 Å². The van der Waals surface area contributed by atoms with Crippen LogP contribution >= 0.6 is 11.8 Å². The average molecular weight is 277 g/mol. The third-order valence-electron chi connectivity index (χ3n) is 2.62. The molecule has 19 heavy (non-hydrogen) atoms. The summed E-state index contributed by atoms with van der Waals surface area (Å²) in [5.41, 5.74) is 1.05. The zero-order chi connectivity index (χ0) is 14.0. The van der Waals surface area contributed by atoms with Crippen LogP contribution in [0.1, 0.15) is 39.4 Å². The molecular weight excluding hydrogens is 258 g/mol. The van der Waals surface area contributed by atoms with Gasteiger partial charge in [0.2, 0.25) is 0 Å². The van der Waals surface area contributed by atoms with Gasteiger partial charge in [0.25, 0.3) is 0 Å². The van der Waals surface area contributed by atoms with Gasteiger partial charge in [-0.1, -0.05) is 30.0 Å². The molecular formula is C15H19NO2S. The van der Waals surface area contributed by atoms with E-state index in [9.17, 15) is 4.79 Å². The first-order valence-electron chi connectivity index (χ1n) is 6.28. The van der Waals surface area contributed by atoms with Gasteiger partial charge in [0, 0.05) is 29.1 Å². The summed E-state index contributed by atoms with van der Waals surface area (Å²) in [5, 5.41) is 3.33. The highest BCUT2D eigenvalue weighted by Crippen LogP contribution is 2.48. The van der Waals surface area contributed by atoms with E-state index in [1.165, 1.54) is 6.92 Å². The number of hydrogen-bond acceptors (Lipinski definition) is 4. The summed E-state index contributed by atoms with van der Waals surface area (Å²) in [5.74, 6) is -0.260. The van der Waals surface area contributed by atoms with E-state index in [1.807, 2.05) is 24.4 Å². The summed E-state index contributed by atoms with van der Waals surface area (Å²) in [7, 11) is 0. The molecule has 0 aromatic heterocycles. The van der Waals surface area contributed by atoms with Crippen molar-refractivity contribution in [3.8, 4) is 0 Å². The number of thioether (sulfide) groups is 1. The van der Waals surface area contributed by atoms with Crippen LogP contribution in [-0.4, -0.2) is 11.5 Å². The molecule has 3 nitrogen and oxygen atoms in total. The Morgan fingerprint density at radius 3 is 2.68 bits per heavy atom. The number of esters is 1. The highest BCUT2D eigenvalue weighted by Gasteiger charge is 2.30. The number of nitrogens with one attached hydrogen (secondary N) is 1. The number of carbonyl (C=O) groups is 1. The fraction of sp³-hybridized carbons (Fsp3) is 0.400. The lowest BCUT2D eigenvalue weighted by molar-refractivity contribution is -0.144. The van der Waals surface area contributed by atoms with Gasteiger partial charge >= 0.3 is 5.97 Å². The number of rotatable bonds is 2. The van der Waals surface area contributed by atoms with E-state index in [4.69, 9.17) is 4.74 Å². The van der Waals surface area contributed by atoms with Crippen LogP contribution in [0.2, 0.25) is 0 Å². The Kier molecular flexibility index (Phi) is 3.90. The summed E-state index contributed by atoms with van der Waals surface area (Å²) in [6.45, 7) is 7.73. The fourth-order valence-corrected chi connectivity index (χ4v) is 2.90. The molecule has 0 fully saturated rings. The van der Waals surface area contributed by atoms with Crippen molar-refractivity contribution in [2.45, 2.75) is 44.2 Å². The third-order valence-corrected chi connectivity index (χ3v) is 3.78. The maximum Gasteiger partial charge on any atom is 0.303 e. The summed E-state index contributed by atoms with van der Waals surface area (Å²) in [6, 6.07) is 8.02. The molecule has 1 N–H and O–H groups in total. The molecule has 0 saturated carbocycles. The molecule has 1 aliphatic rings. The Labute approximate surface area is 118 Å². The van der Waals surface area contributed by atoms with Gasteiger partial charge in [0.1, 0.15) is 0 Å².